The second-order valence-corrected chi connectivity index (χ2v) is 9.31. The van der Waals surface area contributed by atoms with Gasteiger partial charge in [0.25, 0.3) is 5.91 Å². The number of amides is 3. The van der Waals surface area contributed by atoms with Crippen molar-refractivity contribution in [3.63, 3.8) is 0 Å². The number of benzene rings is 2. The van der Waals surface area contributed by atoms with Gasteiger partial charge in [0.1, 0.15) is 5.75 Å². The van der Waals surface area contributed by atoms with Gasteiger partial charge >= 0.3 is 6.03 Å². The van der Waals surface area contributed by atoms with E-state index in [-0.39, 0.29) is 30.1 Å². The van der Waals surface area contributed by atoms with E-state index in [1.807, 2.05) is 52.0 Å². The minimum Gasteiger partial charge on any atom is -0.492 e. The number of rotatable bonds is 10. The van der Waals surface area contributed by atoms with Gasteiger partial charge in [-0.1, -0.05) is 30.7 Å². The first kappa shape index (κ1) is 26.5. The van der Waals surface area contributed by atoms with Crippen molar-refractivity contribution < 1.29 is 19.4 Å². The van der Waals surface area contributed by atoms with E-state index in [1.165, 1.54) is 0 Å². The highest BCUT2D eigenvalue weighted by atomic mass is 35.5. The van der Waals surface area contributed by atoms with Gasteiger partial charge in [-0.3, -0.25) is 4.79 Å². The predicted octanol–water partition coefficient (Wildman–Crippen LogP) is 4.77. The summed E-state index contributed by atoms with van der Waals surface area (Å²) in [6.45, 7) is 8.24. The zero-order valence-corrected chi connectivity index (χ0v) is 20.5. The number of aliphatic hydroxyl groups is 1. The Hall–Kier alpha value is -2.77. The van der Waals surface area contributed by atoms with Crippen molar-refractivity contribution in [1.29, 1.82) is 0 Å². The molecule has 0 aromatic heterocycles. The van der Waals surface area contributed by atoms with Crippen molar-refractivity contribution in [1.82, 2.24) is 10.6 Å². The molecule has 0 radical (unpaired) electrons. The Balaban J connectivity index is 1.99. The first-order valence-electron chi connectivity index (χ1n) is 11.1. The molecule has 0 heterocycles. The fraction of sp³-hybridized carbons (Fsp3) is 0.440. The molecule has 2 aromatic rings. The molecule has 2 rings (SSSR count). The predicted molar refractivity (Wildman–Crippen MR) is 132 cm³/mol. The highest BCUT2D eigenvalue weighted by Gasteiger charge is 2.17. The van der Waals surface area contributed by atoms with Crippen LogP contribution in [0, 0.1) is 0 Å². The van der Waals surface area contributed by atoms with E-state index in [1.54, 1.807) is 18.2 Å². The van der Waals surface area contributed by atoms with Gasteiger partial charge < -0.3 is 25.8 Å². The maximum Gasteiger partial charge on any atom is 0.319 e. The van der Waals surface area contributed by atoms with E-state index in [2.05, 4.69) is 16.0 Å². The summed E-state index contributed by atoms with van der Waals surface area (Å²) in [7, 11) is 0. The van der Waals surface area contributed by atoms with Crippen LogP contribution in [0.2, 0.25) is 5.02 Å². The van der Waals surface area contributed by atoms with Crippen LogP contribution in [0.5, 0.6) is 5.75 Å². The van der Waals surface area contributed by atoms with Crippen LogP contribution in [0.25, 0.3) is 0 Å². The number of carbonyl (C=O) groups is 2. The molecule has 0 aliphatic heterocycles. The molecule has 0 saturated heterocycles. The molecule has 7 nitrogen and oxygen atoms in total. The number of halogens is 1. The average Bonchev–Trinajstić information content (AvgIpc) is 2.73. The van der Waals surface area contributed by atoms with E-state index in [9.17, 15) is 14.7 Å². The van der Waals surface area contributed by atoms with E-state index in [0.717, 1.165) is 12.0 Å². The third-order valence-corrected chi connectivity index (χ3v) is 4.95. The van der Waals surface area contributed by atoms with Gasteiger partial charge in [0, 0.05) is 29.4 Å². The Morgan fingerprint density at radius 2 is 1.82 bits per heavy atom. The van der Waals surface area contributed by atoms with Gasteiger partial charge in [-0.25, -0.2) is 4.79 Å². The van der Waals surface area contributed by atoms with Crippen molar-refractivity contribution in [2.24, 2.45) is 0 Å². The number of hydrogen-bond acceptors (Lipinski definition) is 4. The summed E-state index contributed by atoms with van der Waals surface area (Å²) in [4.78, 5) is 24.8. The minimum atomic E-state index is -0.327. The number of aliphatic hydroxyl groups excluding tert-OH is 1. The topological polar surface area (TPSA) is 99.7 Å². The molecule has 0 aliphatic rings. The van der Waals surface area contributed by atoms with Crippen LogP contribution in [-0.2, 0) is 6.42 Å². The van der Waals surface area contributed by atoms with Crippen LogP contribution in [0.4, 0.5) is 10.5 Å². The molecule has 0 fully saturated rings. The quantitative estimate of drug-likeness (QED) is 0.397. The maximum atomic E-state index is 12.7. The van der Waals surface area contributed by atoms with Crippen LogP contribution >= 0.6 is 11.6 Å². The fourth-order valence-corrected chi connectivity index (χ4v) is 3.37. The van der Waals surface area contributed by atoms with E-state index in [4.69, 9.17) is 16.3 Å². The fourth-order valence-electron chi connectivity index (χ4n) is 3.13. The lowest BCUT2D eigenvalue weighted by molar-refractivity contribution is 0.0930. The summed E-state index contributed by atoms with van der Waals surface area (Å²) in [5, 5.41) is 18.4. The Morgan fingerprint density at radius 1 is 1.12 bits per heavy atom. The lowest BCUT2D eigenvalue weighted by atomic mass is 10.0. The Morgan fingerprint density at radius 3 is 2.39 bits per heavy atom. The maximum absolute atomic E-state index is 12.7. The standard InChI is InChI=1S/C25H34ClN3O4/c1-5-14-33-22-11-8-18(16-21(22)26)23(31)27-20(12-13-30)15-17-6-9-19(10-7-17)28-24(32)29-25(2,3)4/h6-11,16,20,30H,5,12-15H2,1-4H3,(H,27,31)(H2,28,29,32)/t20-/m1/s1. The molecule has 2 aromatic carbocycles. The molecule has 1 atom stereocenters. The highest BCUT2D eigenvalue weighted by molar-refractivity contribution is 6.32. The summed E-state index contributed by atoms with van der Waals surface area (Å²) in [5.41, 5.74) is 1.74. The van der Waals surface area contributed by atoms with Crippen LogP contribution in [0.1, 0.15) is 56.5 Å². The molecule has 4 N–H and O–H groups in total. The Labute approximate surface area is 200 Å². The second-order valence-electron chi connectivity index (χ2n) is 8.91. The van der Waals surface area contributed by atoms with Gasteiger partial charge in [0.15, 0.2) is 0 Å². The van der Waals surface area contributed by atoms with E-state index >= 15 is 0 Å². The van der Waals surface area contributed by atoms with Crippen molar-refractivity contribution in [2.75, 3.05) is 18.5 Å². The molecule has 8 heteroatoms. The smallest absolute Gasteiger partial charge is 0.319 e. The average molecular weight is 476 g/mol. The highest BCUT2D eigenvalue weighted by Crippen LogP contribution is 2.25. The van der Waals surface area contributed by atoms with Gasteiger partial charge in [-0.2, -0.15) is 0 Å². The zero-order chi connectivity index (χ0) is 24.4. The lowest BCUT2D eigenvalue weighted by Gasteiger charge is -2.21. The molecule has 0 saturated carbocycles. The number of nitrogens with one attached hydrogen (secondary N) is 3. The number of carbonyl (C=O) groups excluding carboxylic acids is 2. The second kappa shape index (κ2) is 12.5. The monoisotopic (exact) mass is 475 g/mol. The lowest BCUT2D eigenvalue weighted by Crippen LogP contribution is -2.43. The molecule has 0 spiro atoms. The number of hydrogen-bond donors (Lipinski definition) is 4. The molecular formula is C25H34ClN3O4. The van der Waals surface area contributed by atoms with Gasteiger partial charge in [-0.15, -0.1) is 0 Å². The van der Waals surface area contributed by atoms with E-state index in [0.29, 0.717) is 41.5 Å². The molecule has 0 aliphatic carbocycles. The SMILES string of the molecule is CCCOc1ccc(C(=O)N[C@H](CCO)Cc2ccc(NC(=O)NC(C)(C)C)cc2)cc1Cl. The van der Waals surface area contributed by atoms with Crippen molar-refractivity contribution >= 4 is 29.2 Å². The normalized spacial score (nSPS) is 12.1. The molecule has 0 bridgehead atoms. The third kappa shape index (κ3) is 9.32. The number of anilines is 1. The summed E-state index contributed by atoms with van der Waals surface area (Å²) in [6.07, 6.45) is 1.81. The van der Waals surface area contributed by atoms with Crippen LogP contribution in [0.3, 0.4) is 0 Å². The molecule has 33 heavy (non-hydrogen) atoms. The summed E-state index contributed by atoms with van der Waals surface area (Å²) >= 11 is 6.24. The van der Waals surface area contributed by atoms with Crippen molar-refractivity contribution in [2.45, 2.75) is 58.5 Å². The summed E-state index contributed by atoms with van der Waals surface area (Å²) in [5.74, 6) is 0.279. The molecule has 3 amide bonds. The molecular weight excluding hydrogens is 442 g/mol. The van der Waals surface area contributed by atoms with Crippen LogP contribution < -0.4 is 20.7 Å². The van der Waals surface area contributed by atoms with Gasteiger partial charge in [-0.05, 0) is 75.9 Å². The minimum absolute atomic E-state index is 0.0535. The van der Waals surface area contributed by atoms with Gasteiger partial charge in [0.05, 0.1) is 11.6 Å². The summed E-state index contributed by atoms with van der Waals surface area (Å²) in [6, 6.07) is 11.8. The molecule has 180 valence electrons. The van der Waals surface area contributed by atoms with Crippen LogP contribution in [0.15, 0.2) is 42.5 Å². The van der Waals surface area contributed by atoms with Crippen LogP contribution in [-0.4, -0.2) is 41.8 Å². The zero-order valence-electron chi connectivity index (χ0n) is 19.7. The number of ether oxygens (including phenoxy) is 1. The largest absolute Gasteiger partial charge is 0.492 e. The van der Waals surface area contributed by atoms with E-state index < -0.39 is 0 Å². The summed E-state index contributed by atoms with van der Waals surface area (Å²) < 4.78 is 5.55. The number of urea groups is 1. The first-order chi connectivity index (χ1) is 15.6. The van der Waals surface area contributed by atoms with Crippen molar-refractivity contribution in [3.8, 4) is 5.75 Å². The third-order valence-electron chi connectivity index (χ3n) is 4.65. The van der Waals surface area contributed by atoms with Crippen molar-refractivity contribution in [3.05, 3.63) is 58.6 Å². The molecule has 0 unspecified atom stereocenters. The Bertz CT molecular complexity index is 926. The van der Waals surface area contributed by atoms with Gasteiger partial charge in [0.2, 0.25) is 0 Å². The first-order valence-corrected chi connectivity index (χ1v) is 11.5. The Kier molecular flexibility index (Phi) is 10.0.